The molecule has 1 aromatic rings. The van der Waals surface area contributed by atoms with Crippen molar-refractivity contribution in [2.45, 2.75) is 13.0 Å². The maximum absolute atomic E-state index is 5.72. The number of rotatable bonds is 2. The van der Waals surface area contributed by atoms with E-state index in [1.165, 1.54) is 5.56 Å². The fourth-order valence-corrected chi connectivity index (χ4v) is 0.950. The molecule has 0 aliphatic carbocycles. The molecule has 0 bridgehead atoms. The molecule has 0 spiro atoms. The number of aryl methyl sites for hydroxylation is 1. The van der Waals surface area contributed by atoms with Gasteiger partial charge in [-0.25, -0.2) is 0 Å². The number of hydrogen-bond acceptors (Lipinski definition) is 2. The summed E-state index contributed by atoms with van der Waals surface area (Å²) in [5.74, 6) is 0. The van der Waals surface area contributed by atoms with Gasteiger partial charge >= 0.3 is 0 Å². The Morgan fingerprint density at radius 1 is 1.15 bits per heavy atom. The smallest absolute Gasteiger partial charge is 0.0419 e. The Morgan fingerprint density at radius 2 is 1.62 bits per heavy atom. The maximum atomic E-state index is 5.72. The molecule has 0 amide bonds. The molecule has 0 saturated heterocycles. The number of hydrogen-bond donors (Lipinski definition) is 2. The van der Waals surface area contributed by atoms with E-state index < -0.39 is 0 Å². The van der Waals surface area contributed by atoms with Gasteiger partial charge in [-0.3, -0.25) is 0 Å². The fourth-order valence-electron chi connectivity index (χ4n) is 0.950. The van der Waals surface area contributed by atoms with Crippen LogP contribution in [-0.2, 0) is 0 Å². The van der Waals surface area contributed by atoms with Crippen LogP contribution in [0.4, 0.5) is 0 Å². The second kappa shape index (κ2) is 7.15. The fraction of sp³-hybridized carbons (Fsp3) is 0.333. The molecule has 4 N–H and O–H groups in total. The standard InChI is InChI=1S/C9H14N2.2ClH/c1-7-2-4-8(5-3-7)9(11)6-10;;/h2-5,9H,6,10-11H2,1H3;2*1H. The molecule has 1 atom stereocenters. The monoisotopic (exact) mass is 222 g/mol. The van der Waals surface area contributed by atoms with E-state index in [0.717, 1.165) is 5.56 Å². The van der Waals surface area contributed by atoms with Gasteiger partial charge in [-0.2, -0.15) is 0 Å². The van der Waals surface area contributed by atoms with E-state index >= 15 is 0 Å². The van der Waals surface area contributed by atoms with E-state index in [-0.39, 0.29) is 30.9 Å². The highest BCUT2D eigenvalue weighted by Gasteiger charge is 2.00. The zero-order valence-corrected chi connectivity index (χ0v) is 9.20. The van der Waals surface area contributed by atoms with Gasteiger partial charge in [0.1, 0.15) is 0 Å². The minimum atomic E-state index is -0.0180. The Bertz CT molecular complexity index is 224. The summed E-state index contributed by atoms with van der Waals surface area (Å²) < 4.78 is 0. The molecular formula is C9H16Cl2N2. The third-order valence-electron chi connectivity index (χ3n) is 1.76. The molecule has 1 rings (SSSR count). The van der Waals surface area contributed by atoms with Crippen LogP contribution in [0, 0.1) is 6.92 Å². The molecule has 76 valence electrons. The Balaban J connectivity index is 0. The highest BCUT2D eigenvalue weighted by Crippen LogP contribution is 2.09. The molecule has 0 aromatic heterocycles. The summed E-state index contributed by atoms with van der Waals surface area (Å²) in [5, 5.41) is 0. The van der Waals surface area contributed by atoms with Crippen LogP contribution in [0.3, 0.4) is 0 Å². The summed E-state index contributed by atoms with van der Waals surface area (Å²) >= 11 is 0. The average molecular weight is 223 g/mol. The van der Waals surface area contributed by atoms with E-state index in [9.17, 15) is 0 Å². The van der Waals surface area contributed by atoms with Crippen LogP contribution in [0.15, 0.2) is 24.3 Å². The zero-order chi connectivity index (χ0) is 8.27. The Kier molecular flexibility index (Phi) is 8.37. The minimum Gasteiger partial charge on any atom is -0.329 e. The predicted octanol–water partition coefficient (Wildman–Crippen LogP) is 1.80. The maximum Gasteiger partial charge on any atom is 0.0419 e. The van der Waals surface area contributed by atoms with E-state index in [4.69, 9.17) is 11.5 Å². The van der Waals surface area contributed by atoms with Crippen LogP contribution < -0.4 is 11.5 Å². The molecule has 0 radical (unpaired) electrons. The first-order chi connectivity index (χ1) is 5.24. The zero-order valence-electron chi connectivity index (χ0n) is 7.57. The van der Waals surface area contributed by atoms with Crippen LogP contribution in [0.25, 0.3) is 0 Å². The lowest BCUT2D eigenvalue weighted by Gasteiger charge is -2.08. The van der Waals surface area contributed by atoms with Crippen LogP contribution in [0.5, 0.6) is 0 Å². The van der Waals surface area contributed by atoms with Gasteiger partial charge in [-0.15, -0.1) is 24.8 Å². The molecule has 4 heteroatoms. The quantitative estimate of drug-likeness (QED) is 0.803. The lowest BCUT2D eigenvalue weighted by molar-refractivity contribution is 0.737. The summed E-state index contributed by atoms with van der Waals surface area (Å²) in [6.45, 7) is 2.56. The van der Waals surface area contributed by atoms with Crippen LogP contribution >= 0.6 is 24.8 Å². The van der Waals surface area contributed by atoms with Crippen molar-refractivity contribution in [3.8, 4) is 0 Å². The summed E-state index contributed by atoms with van der Waals surface area (Å²) in [6, 6.07) is 8.12. The van der Waals surface area contributed by atoms with Gasteiger partial charge in [0.2, 0.25) is 0 Å². The SMILES string of the molecule is Cc1ccc(C(N)CN)cc1.Cl.Cl. The summed E-state index contributed by atoms with van der Waals surface area (Å²) in [7, 11) is 0. The molecule has 1 aromatic carbocycles. The van der Waals surface area contributed by atoms with Crippen LogP contribution in [0.1, 0.15) is 17.2 Å². The lowest BCUT2D eigenvalue weighted by atomic mass is 10.1. The molecule has 1 unspecified atom stereocenters. The van der Waals surface area contributed by atoms with Crippen molar-refractivity contribution in [1.29, 1.82) is 0 Å². The Morgan fingerprint density at radius 3 is 2.00 bits per heavy atom. The highest BCUT2D eigenvalue weighted by atomic mass is 35.5. The van der Waals surface area contributed by atoms with Crippen molar-refractivity contribution in [1.82, 2.24) is 0 Å². The average Bonchev–Trinajstić information content (AvgIpc) is 2.05. The lowest BCUT2D eigenvalue weighted by Crippen LogP contribution is -2.20. The third kappa shape index (κ3) is 4.48. The van der Waals surface area contributed by atoms with Crippen LogP contribution in [0.2, 0.25) is 0 Å². The van der Waals surface area contributed by atoms with Gasteiger partial charge in [0.25, 0.3) is 0 Å². The van der Waals surface area contributed by atoms with Crippen molar-refractivity contribution in [2.75, 3.05) is 6.54 Å². The van der Waals surface area contributed by atoms with Crippen LogP contribution in [-0.4, -0.2) is 6.54 Å². The second-order valence-corrected chi connectivity index (χ2v) is 2.75. The highest BCUT2D eigenvalue weighted by molar-refractivity contribution is 5.85. The third-order valence-corrected chi connectivity index (χ3v) is 1.76. The number of nitrogens with two attached hydrogens (primary N) is 2. The van der Waals surface area contributed by atoms with Gasteiger partial charge in [0.15, 0.2) is 0 Å². The Labute approximate surface area is 91.5 Å². The normalized spacial score (nSPS) is 11.0. The van der Waals surface area contributed by atoms with Crippen molar-refractivity contribution in [2.24, 2.45) is 11.5 Å². The molecular weight excluding hydrogens is 207 g/mol. The molecule has 0 saturated carbocycles. The predicted molar refractivity (Wildman–Crippen MR) is 61.7 cm³/mol. The second-order valence-electron chi connectivity index (χ2n) is 2.75. The van der Waals surface area contributed by atoms with Crippen molar-refractivity contribution in [3.05, 3.63) is 35.4 Å². The summed E-state index contributed by atoms with van der Waals surface area (Å²) in [5.41, 5.74) is 13.5. The molecule has 0 aliphatic heterocycles. The summed E-state index contributed by atoms with van der Waals surface area (Å²) in [6.07, 6.45) is 0. The van der Waals surface area contributed by atoms with E-state index in [2.05, 4.69) is 6.92 Å². The number of halogens is 2. The van der Waals surface area contributed by atoms with Crippen molar-refractivity contribution < 1.29 is 0 Å². The van der Waals surface area contributed by atoms with E-state index in [1.54, 1.807) is 0 Å². The molecule has 2 nitrogen and oxygen atoms in total. The van der Waals surface area contributed by atoms with Gasteiger partial charge in [0, 0.05) is 12.6 Å². The first-order valence-electron chi connectivity index (χ1n) is 3.76. The topological polar surface area (TPSA) is 52.0 Å². The largest absolute Gasteiger partial charge is 0.329 e. The molecule has 0 fully saturated rings. The first-order valence-corrected chi connectivity index (χ1v) is 3.76. The first kappa shape index (κ1) is 15.2. The molecule has 13 heavy (non-hydrogen) atoms. The number of benzene rings is 1. The van der Waals surface area contributed by atoms with Gasteiger partial charge in [-0.05, 0) is 12.5 Å². The Hall–Kier alpha value is -0.280. The van der Waals surface area contributed by atoms with Crippen molar-refractivity contribution in [3.63, 3.8) is 0 Å². The van der Waals surface area contributed by atoms with E-state index in [0.29, 0.717) is 6.54 Å². The molecule has 0 heterocycles. The minimum absolute atomic E-state index is 0. The van der Waals surface area contributed by atoms with Gasteiger partial charge < -0.3 is 11.5 Å². The summed E-state index contributed by atoms with van der Waals surface area (Å²) in [4.78, 5) is 0. The van der Waals surface area contributed by atoms with Gasteiger partial charge in [0.05, 0.1) is 0 Å². The van der Waals surface area contributed by atoms with E-state index in [1.807, 2.05) is 24.3 Å². The van der Waals surface area contributed by atoms with Crippen molar-refractivity contribution >= 4 is 24.8 Å². The molecule has 0 aliphatic rings. The van der Waals surface area contributed by atoms with Gasteiger partial charge in [-0.1, -0.05) is 29.8 Å².